The summed E-state index contributed by atoms with van der Waals surface area (Å²) in [6.07, 6.45) is 5.85. The molecule has 3 heterocycles. The van der Waals surface area contributed by atoms with E-state index in [9.17, 15) is 14.7 Å². The molecule has 0 radical (unpaired) electrons. The van der Waals surface area contributed by atoms with Gasteiger partial charge >= 0.3 is 0 Å². The van der Waals surface area contributed by atoms with Crippen LogP contribution in [0.3, 0.4) is 0 Å². The van der Waals surface area contributed by atoms with Crippen molar-refractivity contribution in [2.45, 2.75) is 38.6 Å². The van der Waals surface area contributed by atoms with Crippen LogP contribution in [-0.4, -0.2) is 68.3 Å². The average Bonchev–Trinajstić information content (AvgIpc) is 3.10. The van der Waals surface area contributed by atoms with Crippen LogP contribution in [0.5, 0.6) is 0 Å². The summed E-state index contributed by atoms with van der Waals surface area (Å²) >= 11 is 0. The summed E-state index contributed by atoms with van der Waals surface area (Å²) in [6.45, 7) is 5.53. The van der Waals surface area contributed by atoms with Gasteiger partial charge in [-0.05, 0) is 31.6 Å². The van der Waals surface area contributed by atoms with Crippen molar-refractivity contribution in [3.8, 4) is 0 Å². The average molecular weight is 334 g/mol. The highest BCUT2D eigenvalue weighted by Crippen LogP contribution is 2.48. The Morgan fingerprint density at radius 3 is 2.46 bits per heavy atom. The van der Waals surface area contributed by atoms with Gasteiger partial charge in [0, 0.05) is 39.8 Å². The Morgan fingerprint density at radius 1 is 1.33 bits per heavy atom. The van der Waals surface area contributed by atoms with E-state index in [1.54, 1.807) is 31.0 Å². The smallest absolute Gasteiger partial charge is 0.257 e. The highest BCUT2D eigenvalue weighted by Gasteiger charge is 2.52. The highest BCUT2D eigenvalue weighted by molar-refractivity contribution is 5.93. The van der Waals surface area contributed by atoms with E-state index in [1.807, 2.05) is 16.7 Å². The first-order chi connectivity index (χ1) is 11.3. The molecule has 2 aliphatic rings. The minimum atomic E-state index is -0.485. The van der Waals surface area contributed by atoms with E-state index in [-0.39, 0.29) is 23.8 Å². The predicted octanol–water partition coefficient (Wildman–Crippen LogP) is 0.646. The summed E-state index contributed by atoms with van der Waals surface area (Å²) < 4.78 is 1.63. The minimum absolute atomic E-state index is 0.00880. The van der Waals surface area contributed by atoms with Gasteiger partial charge in [-0.25, -0.2) is 0 Å². The van der Waals surface area contributed by atoms with Crippen LogP contribution in [0.1, 0.15) is 43.5 Å². The molecule has 0 aliphatic carbocycles. The Hall–Kier alpha value is -1.89. The minimum Gasteiger partial charge on any atom is -0.394 e. The lowest BCUT2D eigenvalue weighted by Gasteiger charge is -2.39. The number of piperidine rings is 1. The molecular weight excluding hydrogens is 308 g/mol. The first-order valence-corrected chi connectivity index (χ1v) is 8.46. The molecule has 0 unspecified atom stereocenters. The third-order valence-corrected chi connectivity index (χ3v) is 5.68. The molecule has 0 bridgehead atoms. The zero-order valence-corrected chi connectivity index (χ0v) is 14.7. The molecule has 24 heavy (non-hydrogen) atoms. The predicted molar refractivity (Wildman–Crippen MR) is 88.3 cm³/mol. The maximum Gasteiger partial charge on any atom is 0.257 e. The topological polar surface area (TPSA) is 78.7 Å². The van der Waals surface area contributed by atoms with Gasteiger partial charge in [0.1, 0.15) is 0 Å². The maximum absolute atomic E-state index is 12.5. The zero-order chi connectivity index (χ0) is 17.5. The van der Waals surface area contributed by atoms with E-state index in [2.05, 4.69) is 5.10 Å². The summed E-state index contributed by atoms with van der Waals surface area (Å²) in [5.41, 5.74) is 0.140. The monoisotopic (exact) mass is 334 g/mol. The summed E-state index contributed by atoms with van der Waals surface area (Å²) in [7, 11) is 1.80. The van der Waals surface area contributed by atoms with Crippen LogP contribution in [0.2, 0.25) is 0 Å². The first kappa shape index (κ1) is 17.0. The van der Waals surface area contributed by atoms with Crippen molar-refractivity contribution in [1.82, 2.24) is 19.6 Å². The number of hydrogen-bond donors (Lipinski definition) is 1. The van der Waals surface area contributed by atoms with Crippen LogP contribution in [-0.2, 0) is 11.8 Å². The molecule has 2 saturated heterocycles. The molecule has 1 atom stereocenters. The van der Waals surface area contributed by atoms with Gasteiger partial charge in [0.2, 0.25) is 5.91 Å². The number of likely N-dealkylation sites (tertiary alicyclic amines) is 2. The molecule has 1 spiro atoms. The van der Waals surface area contributed by atoms with E-state index in [0.29, 0.717) is 25.2 Å². The number of rotatable bonds is 2. The molecule has 132 valence electrons. The second-order valence-electron chi connectivity index (χ2n) is 7.63. The quantitative estimate of drug-likeness (QED) is 0.861. The Bertz CT molecular complexity index is 648. The van der Waals surface area contributed by atoms with Crippen LogP contribution in [0.25, 0.3) is 0 Å². The number of aryl methyl sites for hydroxylation is 1. The molecule has 2 amide bonds. The first-order valence-electron chi connectivity index (χ1n) is 8.46. The van der Waals surface area contributed by atoms with Crippen molar-refractivity contribution >= 4 is 11.8 Å². The van der Waals surface area contributed by atoms with E-state index >= 15 is 0 Å². The second kappa shape index (κ2) is 5.88. The Labute approximate surface area is 142 Å². The van der Waals surface area contributed by atoms with Gasteiger partial charge < -0.3 is 14.9 Å². The summed E-state index contributed by atoms with van der Waals surface area (Å²) in [5.74, 6) is 0.0292. The molecule has 2 aliphatic heterocycles. The normalized spacial score (nSPS) is 26.2. The van der Waals surface area contributed by atoms with Crippen molar-refractivity contribution in [2.75, 3.05) is 26.2 Å². The fourth-order valence-corrected chi connectivity index (χ4v) is 4.35. The van der Waals surface area contributed by atoms with E-state index in [0.717, 1.165) is 19.3 Å². The highest BCUT2D eigenvalue weighted by atomic mass is 16.3. The van der Waals surface area contributed by atoms with E-state index in [1.165, 1.54) is 0 Å². The molecule has 1 aromatic heterocycles. The third-order valence-electron chi connectivity index (χ3n) is 5.68. The number of carbonyl (C=O) groups excluding carboxylic acids is 2. The van der Waals surface area contributed by atoms with Crippen LogP contribution >= 0.6 is 0 Å². The van der Waals surface area contributed by atoms with Crippen molar-refractivity contribution in [3.05, 3.63) is 18.0 Å². The van der Waals surface area contributed by atoms with Crippen molar-refractivity contribution in [2.24, 2.45) is 12.5 Å². The van der Waals surface area contributed by atoms with Gasteiger partial charge in [0.25, 0.3) is 5.91 Å². The van der Waals surface area contributed by atoms with E-state index < -0.39 is 5.54 Å². The van der Waals surface area contributed by atoms with Gasteiger partial charge in [0.15, 0.2) is 0 Å². The lowest BCUT2D eigenvalue weighted by Crippen LogP contribution is -2.46. The number of aliphatic hydroxyl groups excluding tert-OH is 1. The van der Waals surface area contributed by atoms with Crippen molar-refractivity contribution < 1.29 is 14.7 Å². The molecule has 2 fully saturated rings. The van der Waals surface area contributed by atoms with Crippen LogP contribution in [0.4, 0.5) is 0 Å². The molecule has 7 heteroatoms. The number of nitrogens with zero attached hydrogens (tertiary/aromatic N) is 4. The number of amides is 2. The molecule has 0 saturated carbocycles. The summed E-state index contributed by atoms with van der Waals surface area (Å²) in [5, 5.41) is 13.8. The lowest BCUT2D eigenvalue weighted by molar-refractivity contribution is -0.134. The molecule has 0 aromatic carbocycles. The number of aromatic nitrogens is 2. The van der Waals surface area contributed by atoms with Crippen LogP contribution in [0.15, 0.2) is 12.4 Å². The molecule has 1 N–H and O–H groups in total. The van der Waals surface area contributed by atoms with Gasteiger partial charge in [-0.1, -0.05) is 0 Å². The number of hydrogen-bond acceptors (Lipinski definition) is 4. The standard InChI is InChI=1S/C17H26N4O3/c1-13(23)21-11-17(10-16(21,2)12-22)4-6-20(7-5-17)15(24)14-8-18-19(3)9-14/h8-9,22H,4-7,10-12H2,1-3H3/t16-/m1/s1. The molecule has 3 rings (SSSR count). The van der Waals surface area contributed by atoms with Gasteiger partial charge in [-0.3, -0.25) is 14.3 Å². The molecular formula is C17H26N4O3. The van der Waals surface area contributed by atoms with Crippen LogP contribution in [0, 0.1) is 5.41 Å². The lowest BCUT2D eigenvalue weighted by atomic mass is 9.74. The molecule has 1 aromatic rings. The maximum atomic E-state index is 12.5. The zero-order valence-electron chi connectivity index (χ0n) is 14.7. The third kappa shape index (κ3) is 2.81. The Kier molecular flexibility index (Phi) is 4.15. The van der Waals surface area contributed by atoms with Gasteiger partial charge in [-0.2, -0.15) is 5.10 Å². The number of carbonyl (C=O) groups is 2. The Morgan fingerprint density at radius 2 is 2.00 bits per heavy atom. The van der Waals surface area contributed by atoms with Crippen molar-refractivity contribution in [1.29, 1.82) is 0 Å². The Balaban J connectivity index is 1.69. The SMILES string of the molecule is CC(=O)N1CC2(CCN(C(=O)c3cnn(C)c3)CC2)C[C@]1(C)CO. The summed E-state index contributed by atoms with van der Waals surface area (Å²) in [6, 6.07) is 0. The second-order valence-corrected chi connectivity index (χ2v) is 7.63. The van der Waals surface area contributed by atoms with Gasteiger partial charge in [-0.15, -0.1) is 0 Å². The fourth-order valence-electron chi connectivity index (χ4n) is 4.35. The van der Waals surface area contributed by atoms with Gasteiger partial charge in [0.05, 0.1) is 23.9 Å². The summed E-state index contributed by atoms with van der Waals surface area (Å²) in [4.78, 5) is 28.2. The van der Waals surface area contributed by atoms with Crippen LogP contribution < -0.4 is 0 Å². The van der Waals surface area contributed by atoms with Crippen molar-refractivity contribution in [3.63, 3.8) is 0 Å². The number of aliphatic hydroxyl groups is 1. The fraction of sp³-hybridized carbons (Fsp3) is 0.706. The largest absolute Gasteiger partial charge is 0.394 e. The van der Waals surface area contributed by atoms with E-state index in [4.69, 9.17) is 0 Å². The molecule has 7 nitrogen and oxygen atoms in total.